The third kappa shape index (κ3) is 22.3. The zero-order valence-electron chi connectivity index (χ0n) is 71.9. The number of fused-ring (bicyclic) bond motifs is 4. The van der Waals surface area contributed by atoms with Crippen molar-refractivity contribution in [2.45, 2.75) is 302 Å². The number of nitrogens with zero attached hydrogens (tertiary/aromatic N) is 9. The molecule has 1 saturated heterocycles. The van der Waals surface area contributed by atoms with Crippen molar-refractivity contribution < 1.29 is 47.8 Å². The van der Waals surface area contributed by atoms with Crippen molar-refractivity contribution >= 4 is 41.5 Å². The first-order valence-electron chi connectivity index (χ1n) is 46.3. The molecule has 9 aliphatic rings. The summed E-state index contributed by atoms with van der Waals surface area (Å²) in [5, 5.41) is 31.1. The lowest BCUT2D eigenvalue weighted by Crippen LogP contribution is -2.46. The van der Waals surface area contributed by atoms with Crippen molar-refractivity contribution in [3.63, 3.8) is 0 Å². The normalized spacial score (nSPS) is 21.5. The van der Waals surface area contributed by atoms with Crippen molar-refractivity contribution in [2.24, 2.45) is 17.8 Å². The molecule has 0 spiro atoms. The van der Waals surface area contributed by atoms with Gasteiger partial charge < -0.3 is 30.2 Å². The van der Waals surface area contributed by atoms with Crippen LogP contribution in [0.5, 0.6) is 0 Å². The zero-order valence-corrected chi connectivity index (χ0v) is 71.9. The number of amides is 4. The molecule has 23 nitrogen and oxygen atoms in total. The van der Waals surface area contributed by atoms with Crippen LogP contribution in [0.25, 0.3) is 0 Å². The molecule has 5 fully saturated rings. The Labute approximate surface area is 714 Å². The van der Waals surface area contributed by atoms with Crippen LogP contribution in [-0.4, -0.2) is 137 Å². The van der Waals surface area contributed by atoms with Crippen LogP contribution in [0.15, 0.2) is 121 Å². The van der Waals surface area contributed by atoms with Gasteiger partial charge in [-0.05, 0) is 204 Å². The Morgan fingerprint density at radius 1 is 0.355 bits per heavy atom. The van der Waals surface area contributed by atoms with Crippen LogP contribution in [0.3, 0.4) is 0 Å². The molecule has 23 heteroatoms. The predicted octanol–water partition coefficient (Wildman–Crippen LogP) is 16.4. The summed E-state index contributed by atoms with van der Waals surface area (Å²) in [4.78, 5) is 90.8. The molecule has 0 bridgehead atoms. The van der Waals surface area contributed by atoms with Crippen LogP contribution in [0.1, 0.15) is 328 Å². The van der Waals surface area contributed by atoms with Gasteiger partial charge in [0.1, 0.15) is 11.4 Å². The van der Waals surface area contributed by atoms with E-state index in [4.69, 9.17) is 34.6 Å². The van der Waals surface area contributed by atoms with Crippen LogP contribution in [0, 0.1) is 17.8 Å². The minimum absolute atomic E-state index is 0.0522. The van der Waals surface area contributed by atoms with E-state index in [0.717, 1.165) is 238 Å². The van der Waals surface area contributed by atoms with Gasteiger partial charge in [-0.15, -0.1) is 0 Å². The molecular weight excluding hydrogens is 1520 g/mol. The van der Waals surface area contributed by atoms with Gasteiger partial charge in [0.25, 0.3) is 23.6 Å². The maximum Gasteiger partial charge on any atom is 0.311 e. The Hall–Kier alpha value is -10.0. The van der Waals surface area contributed by atoms with Crippen LogP contribution >= 0.6 is 0 Å². The van der Waals surface area contributed by atoms with E-state index < -0.39 is 0 Å². The molecule has 646 valence electrons. The molecule has 1 aliphatic heterocycles. The Balaban J connectivity index is 0.000000132. The van der Waals surface area contributed by atoms with E-state index >= 15 is 0 Å². The SMILES string of the molecule is CCOC(=O)[C@@H]1CCCC[C@@H]1NC(=O)c1c2c(nn1Cc1ccccc1)CCCC2.CCOC(=O)[C@@H]1CCCC[C@H]1NC(=O)c1nn(C2CCCCC2)c2c1CCCC2.CCOC(=O)[C@H]1CCCC[C@@H]1NC(=O)c1c2c(nn1Cc1ccccc1)CCCC2.O=C(NN1CCCCCC1)c1nn(Cc2ccccc2)c2c1CCCC2c1ccccc1. The molecule has 4 aromatic carbocycles. The average molecular weight is 1650 g/mol. The van der Waals surface area contributed by atoms with Gasteiger partial charge in [0.2, 0.25) is 0 Å². The maximum atomic E-state index is 13.5. The molecule has 8 aromatic rings. The summed E-state index contributed by atoms with van der Waals surface area (Å²) in [6, 6.07) is 41.3. The standard InChI is InChI=1S/C27H32N4O.2C24H31N3O3.C23H35N3O3/c32-27(29-30-18-9-1-2-10-19-30)25-24-17-11-16-23(22-14-7-4-8-15-22)26(24)31(28-25)20-21-12-5-3-6-13-21;2*1-2-30-24(29)19-13-7-8-14-20(19)25-23(28)22-18-12-6-9-15-21(18)26-27(22)16-17-10-4-3-5-11-17;1-2-29-23(28)17-12-6-8-14-19(17)24-22(27)21-18-13-7-9-15-20(18)26(25-21)16-10-4-3-5-11-16/h3-8,12-15,23H,1-2,9-11,16-20H2,(H,29,32);2*3-5,10-11,19-20H,2,6-9,12-16H2,1H3,(H,25,28);16-17,19H,2-15H2,1H3,(H,24,27)/t;19-,20+;19-,20-;17-,19-/m.101/s1. The van der Waals surface area contributed by atoms with E-state index in [9.17, 15) is 33.6 Å². The van der Waals surface area contributed by atoms with E-state index in [1.807, 2.05) is 72.6 Å². The second-order valence-electron chi connectivity index (χ2n) is 34.7. The number of aryl methyl sites for hydroxylation is 2. The molecule has 1 unspecified atom stereocenters. The smallest absolute Gasteiger partial charge is 0.311 e. The van der Waals surface area contributed by atoms with Gasteiger partial charge in [-0.25, -0.2) is 5.01 Å². The van der Waals surface area contributed by atoms with Crippen LogP contribution in [0.4, 0.5) is 0 Å². The average Bonchev–Trinajstić information content (AvgIpc) is 1.59. The lowest BCUT2D eigenvalue weighted by molar-refractivity contribution is -0.150. The van der Waals surface area contributed by atoms with Crippen molar-refractivity contribution in [2.75, 3.05) is 32.9 Å². The topological polar surface area (TPSA) is 270 Å². The second kappa shape index (κ2) is 43.6. The summed E-state index contributed by atoms with van der Waals surface area (Å²) in [6.07, 6.45) is 37.1. The van der Waals surface area contributed by atoms with Gasteiger partial charge in [-0.3, -0.25) is 57.7 Å². The number of hydrogen-bond donors (Lipinski definition) is 4. The fraction of sp³-hybridized carbons (Fsp3) is 0.561. The number of benzene rings is 4. The Morgan fingerprint density at radius 2 is 0.744 bits per heavy atom. The van der Waals surface area contributed by atoms with Gasteiger partial charge in [0.05, 0.1) is 80.3 Å². The van der Waals surface area contributed by atoms with Gasteiger partial charge in [-0.1, -0.05) is 192 Å². The highest BCUT2D eigenvalue weighted by Gasteiger charge is 2.40. The van der Waals surface area contributed by atoms with E-state index in [1.165, 1.54) is 73.9 Å². The number of esters is 3. The molecule has 121 heavy (non-hydrogen) atoms. The first-order valence-corrected chi connectivity index (χ1v) is 46.3. The van der Waals surface area contributed by atoms with Gasteiger partial charge in [0, 0.05) is 65.1 Å². The number of hydrogen-bond acceptors (Lipinski definition) is 15. The summed E-state index contributed by atoms with van der Waals surface area (Å²) >= 11 is 0. The number of carbonyl (C=O) groups excluding carboxylic acids is 7. The molecule has 4 aromatic heterocycles. The minimum atomic E-state index is -0.260. The van der Waals surface area contributed by atoms with Gasteiger partial charge in [0.15, 0.2) is 11.4 Å². The van der Waals surface area contributed by atoms with Crippen molar-refractivity contribution in [3.05, 3.63) is 211 Å². The second-order valence-corrected chi connectivity index (χ2v) is 34.7. The fourth-order valence-electron chi connectivity index (χ4n) is 20.3. The van der Waals surface area contributed by atoms with Crippen molar-refractivity contribution in [1.82, 2.24) is 65.5 Å². The lowest BCUT2D eigenvalue weighted by atomic mass is 9.82. The molecule has 4 N–H and O–H groups in total. The van der Waals surface area contributed by atoms with E-state index in [2.05, 4.69) is 115 Å². The highest BCUT2D eigenvalue weighted by molar-refractivity contribution is 5.97. The minimum Gasteiger partial charge on any atom is -0.466 e. The number of hydrazine groups is 1. The summed E-state index contributed by atoms with van der Waals surface area (Å²) in [7, 11) is 0. The fourth-order valence-corrected chi connectivity index (χ4v) is 20.3. The molecular formula is C98H129N13O10. The quantitative estimate of drug-likeness (QED) is 0.0363. The van der Waals surface area contributed by atoms with Crippen molar-refractivity contribution in [3.8, 4) is 0 Å². The van der Waals surface area contributed by atoms with Crippen LogP contribution in [0.2, 0.25) is 0 Å². The van der Waals surface area contributed by atoms with Crippen molar-refractivity contribution in [1.29, 1.82) is 0 Å². The first-order chi connectivity index (χ1) is 59.3. The monoisotopic (exact) mass is 1650 g/mol. The highest BCUT2D eigenvalue weighted by atomic mass is 16.5. The Bertz CT molecular complexity index is 4580. The number of rotatable bonds is 22. The van der Waals surface area contributed by atoms with E-state index in [0.29, 0.717) is 68.3 Å². The summed E-state index contributed by atoms with van der Waals surface area (Å²) in [5.74, 6) is -1.40. The molecule has 4 saturated carbocycles. The van der Waals surface area contributed by atoms with Gasteiger partial charge in [-0.2, -0.15) is 20.4 Å². The molecule has 5 heterocycles. The summed E-state index contributed by atoms with van der Waals surface area (Å²) in [6.45, 7) is 10.3. The number of nitrogens with one attached hydrogen (secondary N) is 4. The zero-order chi connectivity index (χ0) is 83.8. The number of aromatic nitrogens is 8. The van der Waals surface area contributed by atoms with Gasteiger partial charge >= 0.3 is 17.9 Å². The Morgan fingerprint density at radius 3 is 1.21 bits per heavy atom. The van der Waals surface area contributed by atoms with Crippen LogP contribution < -0.4 is 21.4 Å². The lowest BCUT2D eigenvalue weighted by Gasteiger charge is -2.30. The molecule has 0 radical (unpaired) electrons. The molecule has 7 atom stereocenters. The molecule has 8 aliphatic carbocycles. The summed E-state index contributed by atoms with van der Waals surface area (Å²) < 4.78 is 23.8. The predicted molar refractivity (Wildman–Crippen MR) is 466 cm³/mol. The maximum absolute atomic E-state index is 13.5. The number of carbonyl (C=O) groups is 7. The molecule has 4 amide bonds. The number of ether oxygens (including phenoxy) is 3. The third-order valence-electron chi connectivity index (χ3n) is 26.4. The Kier molecular flexibility index (Phi) is 31.5. The van der Waals surface area contributed by atoms with Crippen LogP contribution in [-0.2, 0) is 93.2 Å². The largest absolute Gasteiger partial charge is 0.466 e. The van der Waals surface area contributed by atoms with E-state index in [1.54, 1.807) is 0 Å². The third-order valence-corrected chi connectivity index (χ3v) is 26.4. The summed E-state index contributed by atoms with van der Waals surface area (Å²) in [5.41, 5.74) is 19.5. The highest BCUT2D eigenvalue weighted by Crippen LogP contribution is 2.40. The first kappa shape index (κ1) is 87.3. The molecule has 17 rings (SSSR count). The van der Waals surface area contributed by atoms with E-state index in [-0.39, 0.29) is 83.3 Å².